The maximum atomic E-state index is 12.5. The molecule has 26 heavy (non-hydrogen) atoms. The fraction of sp³-hybridized carbons (Fsp3) is 0.550. The predicted molar refractivity (Wildman–Crippen MR) is 102 cm³/mol. The summed E-state index contributed by atoms with van der Waals surface area (Å²) in [5.41, 5.74) is 1.07. The molecule has 140 valence electrons. The normalized spacial score (nSPS) is 23.1. The standard InChI is InChI=1S/C20H27N3O3/c1-15(2)12-20(24)22-18-9-10-19(22)14-21(13-18)11-3-4-16-5-7-17(8-6-16)23(25)26/h3-8,15,18-19H,9-14H2,1-2H3/b4-3+. The first kappa shape index (κ1) is 18.6. The fourth-order valence-electron chi connectivity index (χ4n) is 4.05. The number of hydrogen-bond acceptors (Lipinski definition) is 4. The second-order valence-electron chi connectivity index (χ2n) is 7.75. The highest BCUT2D eigenvalue weighted by Gasteiger charge is 2.41. The molecule has 2 atom stereocenters. The minimum atomic E-state index is -0.386. The van der Waals surface area contributed by atoms with Gasteiger partial charge in [0.1, 0.15) is 0 Å². The molecule has 2 aliphatic rings. The Morgan fingerprint density at radius 3 is 2.38 bits per heavy atom. The molecule has 1 aromatic carbocycles. The fourth-order valence-corrected chi connectivity index (χ4v) is 4.05. The Morgan fingerprint density at radius 2 is 1.85 bits per heavy atom. The van der Waals surface area contributed by atoms with Crippen LogP contribution in [0.25, 0.3) is 6.08 Å². The van der Waals surface area contributed by atoms with Crippen molar-refractivity contribution < 1.29 is 9.72 Å². The van der Waals surface area contributed by atoms with Crippen LogP contribution in [0.5, 0.6) is 0 Å². The van der Waals surface area contributed by atoms with E-state index in [4.69, 9.17) is 0 Å². The Balaban J connectivity index is 1.53. The molecule has 0 N–H and O–H groups in total. The molecule has 2 aliphatic heterocycles. The number of piperazine rings is 1. The van der Waals surface area contributed by atoms with E-state index in [1.807, 2.05) is 6.08 Å². The molecule has 2 unspecified atom stereocenters. The van der Waals surface area contributed by atoms with Gasteiger partial charge in [0.2, 0.25) is 5.91 Å². The number of fused-ring (bicyclic) bond motifs is 2. The molecule has 0 saturated carbocycles. The Hall–Kier alpha value is -2.21. The van der Waals surface area contributed by atoms with Gasteiger partial charge < -0.3 is 4.90 Å². The molecule has 0 spiro atoms. The summed E-state index contributed by atoms with van der Waals surface area (Å²) in [4.78, 5) is 27.4. The lowest BCUT2D eigenvalue weighted by molar-refractivity contribution is -0.384. The van der Waals surface area contributed by atoms with Gasteiger partial charge in [0.05, 0.1) is 4.92 Å². The summed E-state index contributed by atoms with van der Waals surface area (Å²) in [6, 6.07) is 7.29. The monoisotopic (exact) mass is 357 g/mol. The van der Waals surface area contributed by atoms with E-state index in [0.717, 1.165) is 38.0 Å². The number of benzene rings is 1. The Labute approximate surface area is 154 Å². The van der Waals surface area contributed by atoms with Crippen molar-refractivity contribution in [2.24, 2.45) is 5.92 Å². The van der Waals surface area contributed by atoms with Crippen molar-refractivity contribution >= 4 is 17.7 Å². The van der Waals surface area contributed by atoms with Gasteiger partial charge >= 0.3 is 0 Å². The van der Waals surface area contributed by atoms with E-state index < -0.39 is 0 Å². The molecule has 3 rings (SSSR count). The second-order valence-corrected chi connectivity index (χ2v) is 7.75. The van der Waals surface area contributed by atoms with Crippen molar-refractivity contribution in [3.05, 3.63) is 46.0 Å². The molecule has 6 nitrogen and oxygen atoms in total. The first-order valence-electron chi connectivity index (χ1n) is 9.38. The van der Waals surface area contributed by atoms with Crippen LogP contribution in [-0.4, -0.2) is 52.3 Å². The van der Waals surface area contributed by atoms with Crippen LogP contribution in [-0.2, 0) is 4.79 Å². The van der Waals surface area contributed by atoms with E-state index in [-0.39, 0.29) is 10.6 Å². The lowest BCUT2D eigenvalue weighted by Gasteiger charge is -2.41. The number of carbonyl (C=O) groups is 1. The summed E-state index contributed by atoms with van der Waals surface area (Å²) in [6.07, 6.45) is 6.97. The number of amides is 1. The summed E-state index contributed by atoms with van der Waals surface area (Å²) >= 11 is 0. The summed E-state index contributed by atoms with van der Waals surface area (Å²) in [7, 11) is 0. The number of nitrogens with zero attached hydrogens (tertiary/aromatic N) is 3. The van der Waals surface area contributed by atoms with Gasteiger partial charge in [-0.05, 0) is 36.5 Å². The smallest absolute Gasteiger partial charge is 0.269 e. The maximum absolute atomic E-state index is 12.5. The topological polar surface area (TPSA) is 66.7 Å². The van der Waals surface area contributed by atoms with Crippen LogP contribution in [0.4, 0.5) is 5.69 Å². The van der Waals surface area contributed by atoms with Crippen molar-refractivity contribution in [1.29, 1.82) is 0 Å². The molecule has 6 heteroatoms. The van der Waals surface area contributed by atoms with Crippen LogP contribution in [0.1, 0.15) is 38.7 Å². The third kappa shape index (κ3) is 4.30. The number of rotatable bonds is 6. The van der Waals surface area contributed by atoms with E-state index in [0.29, 0.717) is 30.3 Å². The van der Waals surface area contributed by atoms with Gasteiger partial charge in [-0.1, -0.05) is 26.0 Å². The van der Waals surface area contributed by atoms with Crippen LogP contribution < -0.4 is 0 Å². The van der Waals surface area contributed by atoms with Gasteiger partial charge in [0.25, 0.3) is 5.69 Å². The summed E-state index contributed by atoms with van der Waals surface area (Å²) in [5, 5.41) is 10.7. The lowest BCUT2D eigenvalue weighted by atomic mass is 10.1. The minimum absolute atomic E-state index is 0.112. The minimum Gasteiger partial charge on any atom is -0.334 e. The predicted octanol–water partition coefficient (Wildman–Crippen LogP) is 3.33. The van der Waals surface area contributed by atoms with Crippen molar-refractivity contribution in [3.63, 3.8) is 0 Å². The number of non-ortho nitro benzene ring substituents is 1. The summed E-state index contributed by atoms with van der Waals surface area (Å²) < 4.78 is 0. The first-order chi connectivity index (χ1) is 12.4. The third-order valence-electron chi connectivity index (χ3n) is 5.21. The Bertz CT molecular complexity index is 670. The molecule has 2 bridgehead atoms. The molecule has 1 aromatic rings. The van der Waals surface area contributed by atoms with Gasteiger partial charge in [-0.3, -0.25) is 19.8 Å². The number of nitro benzene ring substituents is 1. The maximum Gasteiger partial charge on any atom is 0.269 e. The largest absolute Gasteiger partial charge is 0.334 e. The molecule has 0 aliphatic carbocycles. The van der Waals surface area contributed by atoms with Gasteiger partial charge in [-0.2, -0.15) is 0 Å². The zero-order chi connectivity index (χ0) is 18.7. The number of nitro groups is 1. The van der Waals surface area contributed by atoms with Crippen molar-refractivity contribution in [1.82, 2.24) is 9.80 Å². The number of hydrogen-bond donors (Lipinski definition) is 0. The van der Waals surface area contributed by atoms with Crippen LogP contribution in [0.15, 0.2) is 30.3 Å². The van der Waals surface area contributed by atoms with E-state index in [9.17, 15) is 14.9 Å². The average Bonchev–Trinajstić information content (AvgIpc) is 2.86. The van der Waals surface area contributed by atoms with Crippen LogP contribution in [0.3, 0.4) is 0 Å². The zero-order valence-corrected chi connectivity index (χ0v) is 15.5. The van der Waals surface area contributed by atoms with Gasteiger partial charge in [0.15, 0.2) is 0 Å². The molecular formula is C20H27N3O3. The second kappa shape index (κ2) is 7.99. The van der Waals surface area contributed by atoms with Crippen LogP contribution in [0.2, 0.25) is 0 Å². The molecule has 2 fully saturated rings. The van der Waals surface area contributed by atoms with Crippen molar-refractivity contribution in [3.8, 4) is 0 Å². The Morgan fingerprint density at radius 1 is 1.23 bits per heavy atom. The van der Waals surface area contributed by atoms with Crippen LogP contribution >= 0.6 is 0 Å². The van der Waals surface area contributed by atoms with E-state index in [1.165, 1.54) is 12.1 Å². The molecule has 2 saturated heterocycles. The van der Waals surface area contributed by atoms with Crippen molar-refractivity contribution in [2.45, 2.75) is 45.2 Å². The van der Waals surface area contributed by atoms with Gasteiger partial charge in [0, 0.05) is 50.3 Å². The van der Waals surface area contributed by atoms with Crippen LogP contribution in [0, 0.1) is 16.0 Å². The summed E-state index contributed by atoms with van der Waals surface area (Å²) in [5.74, 6) is 0.720. The average molecular weight is 357 g/mol. The SMILES string of the molecule is CC(C)CC(=O)N1C2CCC1CN(C/C=C/c1ccc([N+](=O)[O-])cc1)C2. The highest BCUT2D eigenvalue weighted by molar-refractivity contribution is 5.77. The van der Waals surface area contributed by atoms with Crippen molar-refractivity contribution in [2.75, 3.05) is 19.6 Å². The number of carbonyl (C=O) groups excluding carboxylic acids is 1. The Kier molecular flexibility index (Phi) is 5.71. The molecular weight excluding hydrogens is 330 g/mol. The van der Waals surface area contributed by atoms with E-state index >= 15 is 0 Å². The highest BCUT2D eigenvalue weighted by Crippen LogP contribution is 2.31. The zero-order valence-electron chi connectivity index (χ0n) is 15.5. The summed E-state index contributed by atoms with van der Waals surface area (Å²) in [6.45, 7) is 6.91. The van der Waals surface area contributed by atoms with E-state index in [2.05, 4.69) is 29.7 Å². The lowest BCUT2D eigenvalue weighted by Crippen LogP contribution is -2.55. The molecule has 0 radical (unpaired) electrons. The third-order valence-corrected chi connectivity index (χ3v) is 5.21. The van der Waals surface area contributed by atoms with Gasteiger partial charge in [-0.15, -0.1) is 0 Å². The van der Waals surface area contributed by atoms with E-state index in [1.54, 1.807) is 12.1 Å². The number of likely N-dealkylation sites (tertiary alicyclic amines) is 1. The molecule has 1 amide bonds. The molecule has 0 aromatic heterocycles. The first-order valence-corrected chi connectivity index (χ1v) is 9.38. The molecule has 2 heterocycles. The van der Waals surface area contributed by atoms with Gasteiger partial charge in [-0.25, -0.2) is 0 Å². The quantitative estimate of drug-likeness (QED) is 0.578. The highest BCUT2D eigenvalue weighted by atomic mass is 16.6.